The van der Waals surface area contributed by atoms with Crippen LogP contribution in [0.1, 0.15) is 12.2 Å². The minimum Gasteiger partial charge on any atom is -0.349 e. The highest BCUT2D eigenvalue weighted by Gasteiger charge is 2.28. The Labute approximate surface area is 77.3 Å². The second-order valence-electron chi connectivity index (χ2n) is 3.51. The molecular formula is C8H12N2O2S. The number of rotatable bonds is 2. The van der Waals surface area contributed by atoms with Gasteiger partial charge in [0.05, 0.1) is 11.5 Å². The number of H-pyrrole nitrogens is 1. The maximum absolute atomic E-state index is 11.1. The lowest BCUT2D eigenvalue weighted by molar-refractivity contribution is 0.572. The van der Waals surface area contributed by atoms with Crippen LogP contribution in [0.3, 0.4) is 0 Å². The molecule has 0 aromatic carbocycles. The Balaban J connectivity index is 1.99. The standard InChI is InChI=1S/C8H12N2O2S/c11-13(12)4-1-7(6-13)5-8-9-2-3-10-8/h2-3,7H,1,4-6H2,(H,9,10). The predicted octanol–water partition coefficient (Wildman–Crippen LogP) is 0.387. The Bertz CT molecular complexity index is 369. The molecule has 1 atom stereocenters. The second kappa shape index (κ2) is 3.14. The predicted molar refractivity (Wildman–Crippen MR) is 49.1 cm³/mol. The summed E-state index contributed by atoms with van der Waals surface area (Å²) in [5.74, 6) is 1.82. The fraction of sp³-hybridized carbons (Fsp3) is 0.625. The summed E-state index contributed by atoms with van der Waals surface area (Å²) in [6.45, 7) is 0. The third kappa shape index (κ3) is 2.09. The van der Waals surface area contributed by atoms with Crippen LogP contribution in [0.25, 0.3) is 0 Å². The highest BCUT2D eigenvalue weighted by molar-refractivity contribution is 7.91. The second-order valence-corrected chi connectivity index (χ2v) is 5.74. The third-order valence-corrected chi connectivity index (χ3v) is 4.20. The average Bonchev–Trinajstić information content (AvgIpc) is 2.61. The van der Waals surface area contributed by atoms with Crippen LogP contribution in [0.4, 0.5) is 0 Å². The first-order chi connectivity index (χ1) is 6.16. The number of sulfone groups is 1. The van der Waals surface area contributed by atoms with Crippen LogP contribution in [0.15, 0.2) is 12.4 Å². The van der Waals surface area contributed by atoms with Gasteiger partial charge in [-0.05, 0) is 12.3 Å². The number of imidazole rings is 1. The Morgan fingerprint density at radius 3 is 3.00 bits per heavy atom. The summed E-state index contributed by atoms with van der Waals surface area (Å²) in [6, 6.07) is 0. The van der Waals surface area contributed by atoms with Gasteiger partial charge in [-0.3, -0.25) is 0 Å². The molecule has 1 N–H and O–H groups in total. The normalized spacial score (nSPS) is 26.3. The summed E-state index contributed by atoms with van der Waals surface area (Å²) in [7, 11) is -2.74. The van der Waals surface area contributed by atoms with E-state index in [9.17, 15) is 8.42 Å². The lowest BCUT2D eigenvalue weighted by Crippen LogP contribution is -2.08. The number of nitrogens with one attached hydrogen (secondary N) is 1. The Hall–Kier alpha value is -0.840. The van der Waals surface area contributed by atoms with Crippen LogP contribution < -0.4 is 0 Å². The van der Waals surface area contributed by atoms with E-state index >= 15 is 0 Å². The van der Waals surface area contributed by atoms with Crippen LogP contribution in [-0.4, -0.2) is 29.9 Å². The number of aromatic amines is 1. The first kappa shape index (κ1) is 8.74. The van der Waals surface area contributed by atoms with Crippen LogP contribution in [-0.2, 0) is 16.3 Å². The molecule has 0 amide bonds. The van der Waals surface area contributed by atoms with E-state index in [1.165, 1.54) is 0 Å². The number of nitrogens with zero attached hydrogens (tertiary/aromatic N) is 1. The zero-order valence-corrected chi connectivity index (χ0v) is 8.05. The molecule has 1 saturated heterocycles. The fourth-order valence-electron chi connectivity index (χ4n) is 1.72. The number of hydrogen-bond acceptors (Lipinski definition) is 3. The summed E-state index contributed by atoms with van der Waals surface area (Å²) in [5.41, 5.74) is 0. The van der Waals surface area contributed by atoms with Crippen molar-refractivity contribution in [1.29, 1.82) is 0 Å². The van der Waals surface area contributed by atoms with Crippen molar-refractivity contribution >= 4 is 9.84 Å². The molecule has 1 aliphatic heterocycles. The first-order valence-electron chi connectivity index (χ1n) is 4.34. The van der Waals surface area contributed by atoms with E-state index in [2.05, 4.69) is 9.97 Å². The van der Waals surface area contributed by atoms with Crippen molar-refractivity contribution in [2.75, 3.05) is 11.5 Å². The quantitative estimate of drug-likeness (QED) is 0.751. The van der Waals surface area contributed by atoms with Gasteiger partial charge in [0.2, 0.25) is 0 Å². The largest absolute Gasteiger partial charge is 0.349 e. The zero-order chi connectivity index (χ0) is 9.31. The van der Waals surface area contributed by atoms with Gasteiger partial charge in [-0.2, -0.15) is 0 Å². The third-order valence-electron chi connectivity index (χ3n) is 2.36. The van der Waals surface area contributed by atoms with E-state index in [0.717, 1.165) is 18.7 Å². The molecule has 4 nitrogen and oxygen atoms in total. The maximum atomic E-state index is 11.1. The monoisotopic (exact) mass is 200 g/mol. The van der Waals surface area contributed by atoms with E-state index < -0.39 is 9.84 Å². The smallest absolute Gasteiger partial charge is 0.150 e. The summed E-state index contributed by atoms with van der Waals surface area (Å²) < 4.78 is 22.3. The summed E-state index contributed by atoms with van der Waals surface area (Å²) in [4.78, 5) is 7.06. The lowest BCUT2D eigenvalue weighted by Gasteiger charge is -2.03. The van der Waals surface area contributed by atoms with Gasteiger partial charge in [0.25, 0.3) is 0 Å². The molecule has 1 aromatic rings. The zero-order valence-electron chi connectivity index (χ0n) is 7.23. The van der Waals surface area contributed by atoms with Gasteiger partial charge in [-0.25, -0.2) is 13.4 Å². The Morgan fingerprint density at radius 1 is 1.62 bits per heavy atom. The molecule has 1 fully saturated rings. The molecule has 0 radical (unpaired) electrons. The van der Waals surface area contributed by atoms with Gasteiger partial charge in [0.15, 0.2) is 9.84 Å². The maximum Gasteiger partial charge on any atom is 0.150 e. The van der Waals surface area contributed by atoms with E-state index in [1.54, 1.807) is 12.4 Å². The van der Waals surface area contributed by atoms with E-state index in [-0.39, 0.29) is 5.92 Å². The highest BCUT2D eigenvalue weighted by atomic mass is 32.2. The van der Waals surface area contributed by atoms with Crippen molar-refractivity contribution in [2.24, 2.45) is 5.92 Å². The number of hydrogen-bond donors (Lipinski definition) is 1. The van der Waals surface area contributed by atoms with Gasteiger partial charge >= 0.3 is 0 Å². The molecule has 0 saturated carbocycles. The summed E-state index contributed by atoms with van der Waals surface area (Å²) in [6.07, 6.45) is 4.99. The van der Waals surface area contributed by atoms with E-state index in [1.807, 2.05) is 0 Å². The molecule has 2 heterocycles. The van der Waals surface area contributed by atoms with Gasteiger partial charge in [0, 0.05) is 18.8 Å². The van der Waals surface area contributed by atoms with Gasteiger partial charge in [-0.1, -0.05) is 0 Å². The molecule has 0 spiro atoms. The van der Waals surface area contributed by atoms with Crippen molar-refractivity contribution in [1.82, 2.24) is 9.97 Å². The van der Waals surface area contributed by atoms with Crippen molar-refractivity contribution in [3.63, 3.8) is 0 Å². The van der Waals surface area contributed by atoms with Crippen LogP contribution in [0.2, 0.25) is 0 Å². The molecule has 1 aromatic heterocycles. The molecule has 0 bridgehead atoms. The minimum atomic E-state index is -2.74. The minimum absolute atomic E-state index is 0.260. The van der Waals surface area contributed by atoms with Gasteiger partial charge < -0.3 is 4.98 Å². The molecule has 2 rings (SSSR count). The summed E-state index contributed by atoms with van der Waals surface area (Å²) in [5, 5.41) is 0. The summed E-state index contributed by atoms with van der Waals surface area (Å²) >= 11 is 0. The number of aromatic nitrogens is 2. The molecule has 0 aliphatic carbocycles. The van der Waals surface area contributed by atoms with Crippen molar-refractivity contribution in [2.45, 2.75) is 12.8 Å². The molecule has 5 heteroatoms. The van der Waals surface area contributed by atoms with Crippen molar-refractivity contribution in [3.8, 4) is 0 Å². The molecule has 13 heavy (non-hydrogen) atoms. The van der Waals surface area contributed by atoms with Crippen LogP contribution in [0, 0.1) is 5.92 Å². The highest BCUT2D eigenvalue weighted by Crippen LogP contribution is 2.20. The van der Waals surface area contributed by atoms with E-state index in [0.29, 0.717) is 11.5 Å². The lowest BCUT2D eigenvalue weighted by atomic mass is 10.1. The van der Waals surface area contributed by atoms with Gasteiger partial charge in [-0.15, -0.1) is 0 Å². The SMILES string of the molecule is O=S1(=O)CCC(Cc2ncc[nH]2)C1. The van der Waals surface area contributed by atoms with E-state index in [4.69, 9.17) is 0 Å². The topological polar surface area (TPSA) is 62.8 Å². The molecule has 1 unspecified atom stereocenters. The Morgan fingerprint density at radius 2 is 2.46 bits per heavy atom. The molecular weight excluding hydrogens is 188 g/mol. The molecule has 72 valence electrons. The van der Waals surface area contributed by atoms with Crippen molar-refractivity contribution < 1.29 is 8.42 Å². The van der Waals surface area contributed by atoms with Crippen LogP contribution in [0.5, 0.6) is 0 Å². The van der Waals surface area contributed by atoms with Gasteiger partial charge in [0.1, 0.15) is 5.82 Å². The first-order valence-corrected chi connectivity index (χ1v) is 6.16. The fourth-order valence-corrected chi connectivity index (χ4v) is 3.58. The van der Waals surface area contributed by atoms with Crippen molar-refractivity contribution in [3.05, 3.63) is 18.2 Å². The van der Waals surface area contributed by atoms with Crippen LogP contribution >= 0.6 is 0 Å². The average molecular weight is 200 g/mol. The Kier molecular flexibility index (Phi) is 2.11. The molecule has 1 aliphatic rings.